The van der Waals surface area contributed by atoms with E-state index >= 15 is 0 Å². The van der Waals surface area contributed by atoms with Crippen molar-refractivity contribution in [1.29, 1.82) is 0 Å². The Labute approximate surface area is 109 Å². The number of furan rings is 1. The number of nitrogens with zero attached hydrogens (tertiary/aromatic N) is 1. The molecule has 0 saturated heterocycles. The van der Waals surface area contributed by atoms with E-state index in [1.807, 2.05) is 36.4 Å². The molecule has 2 aromatic heterocycles. The van der Waals surface area contributed by atoms with Crippen LogP contribution in [0.15, 0.2) is 53.3 Å². The molecule has 2 N–H and O–H groups in total. The first-order chi connectivity index (χ1) is 8.88. The van der Waals surface area contributed by atoms with Gasteiger partial charge >= 0.3 is 0 Å². The van der Waals surface area contributed by atoms with Gasteiger partial charge in [0, 0.05) is 22.5 Å². The topological polar surface area (TPSA) is 52.0 Å². The van der Waals surface area contributed by atoms with Crippen LogP contribution in [0.5, 0.6) is 0 Å². The van der Waals surface area contributed by atoms with E-state index in [0.29, 0.717) is 6.54 Å². The standard InChI is InChI=1S/C14H12N2OS/c15-8-12-13(10-4-2-1-3-5-10)16-14(18-12)11-6-7-17-9-11/h1-7,9H,8,15H2. The van der Waals surface area contributed by atoms with Gasteiger partial charge in [0.15, 0.2) is 0 Å². The van der Waals surface area contributed by atoms with E-state index in [2.05, 4.69) is 4.98 Å². The van der Waals surface area contributed by atoms with Crippen LogP contribution in [0.1, 0.15) is 4.88 Å². The Balaban J connectivity index is 2.10. The van der Waals surface area contributed by atoms with Crippen molar-refractivity contribution in [2.24, 2.45) is 5.73 Å². The van der Waals surface area contributed by atoms with Crippen LogP contribution in [0.2, 0.25) is 0 Å². The smallest absolute Gasteiger partial charge is 0.127 e. The third-order valence-corrected chi connectivity index (χ3v) is 3.82. The lowest BCUT2D eigenvalue weighted by Gasteiger charge is -1.98. The Morgan fingerprint density at radius 1 is 1.11 bits per heavy atom. The summed E-state index contributed by atoms with van der Waals surface area (Å²) in [5.74, 6) is 0. The zero-order chi connectivity index (χ0) is 12.4. The minimum Gasteiger partial charge on any atom is -0.472 e. The molecule has 18 heavy (non-hydrogen) atoms. The van der Waals surface area contributed by atoms with Crippen molar-refractivity contribution in [2.45, 2.75) is 6.54 Å². The summed E-state index contributed by atoms with van der Waals surface area (Å²) in [6, 6.07) is 12.0. The summed E-state index contributed by atoms with van der Waals surface area (Å²) in [5, 5.41) is 0.947. The minimum atomic E-state index is 0.500. The quantitative estimate of drug-likeness (QED) is 0.780. The molecule has 0 fully saturated rings. The second-order valence-electron chi connectivity index (χ2n) is 3.87. The number of hydrogen-bond donors (Lipinski definition) is 1. The van der Waals surface area contributed by atoms with Gasteiger partial charge in [-0.05, 0) is 6.07 Å². The number of hydrogen-bond acceptors (Lipinski definition) is 4. The number of rotatable bonds is 3. The number of aromatic nitrogens is 1. The fraction of sp³-hybridized carbons (Fsp3) is 0.0714. The molecule has 90 valence electrons. The molecule has 0 aliphatic heterocycles. The van der Waals surface area contributed by atoms with Gasteiger partial charge in [-0.2, -0.15) is 0 Å². The average Bonchev–Trinajstić information content (AvgIpc) is 3.08. The lowest BCUT2D eigenvalue weighted by atomic mass is 10.1. The van der Waals surface area contributed by atoms with Gasteiger partial charge in [-0.25, -0.2) is 4.98 Å². The first kappa shape index (κ1) is 11.2. The summed E-state index contributed by atoms with van der Waals surface area (Å²) < 4.78 is 5.09. The third kappa shape index (κ3) is 1.96. The van der Waals surface area contributed by atoms with Gasteiger partial charge in [0.2, 0.25) is 0 Å². The van der Waals surface area contributed by atoms with Crippen molar-refractivity contribution in [3.05, 3.63) is 53.8 Å². The third-order valence-electron chi connectivity index (χ3n) is 2.70. The van der Waals surface area contributed by atoms with Gasteiger partial charge in [-0.3, -0.25) is 0 Å². The summed E-state index contributed by atoms with van der Waals surface area (Å²) in [4.78, 5) is 5.77. The number of benzene rings is 1. The van der Waals surface area contributed by atoms with E-state index in [9.17, 15) is 0 Å². The molecule has 4 heteroatoms. The molecule has 0 atom stereocenters. The van der Waals surface area contributed by atoms with Gasteiger partial charge < -0.3 is 10.2 Å². The first-order valence-corrected chi connectivity index (χ1v) is 6.48. The fourth-order valence-corrected chi connectivity index (χ4v) is 2.77. The van der Waals surface area contributed by atoms with Crippen LogP contribution < -0.4 is 5.73 Å². The minimum absolute atomic E-state index is 0.500. The second kappa shape index (κ2) is 4.76. The summed E-state index contributed by atoms with van der Waals surface area (Å²) in [5.41, 5.74) is 8.87. The molecule has 3 rings (SSSR count). The number of thiazole rings is 1. The largest absolute Gasteiger partial charge is 0.472 e. The van der Waals surface area contributed by atoms with E-state index in [1.165, 1.54) is 0 Å². The monoisotopic (exact) mass is 256 g/mol. The molecule has 0 spiro atoms. The first-order valence-electron chi connectivity index (χ1n) is 5.66. The molecule has 0 radical (unpaired) electrons. The van der Waals surface area contributed by atoms with Crippen molar-refractivity contribution in [3.63, 3.8) is 0 Å². The summed E-state index contributed by atoms with van der Waals surface area (Å²) in [6.45, 7) is 0.500. The zero-order valence-electron chi connectivity index (χ0n) is 9.67. The van der Waals surface area contributed by atoms with Crippen LogP contribution in [0.3, 0.4) is 0 Å². The molecule has 0 amide bonds. The Hall–Kier alpha value is -1.91. The predicted molar refractivity (Wildman–Crippen MR) is 73.1 cm³/mol. The molecule has 3 aromatic rings. The van der Waals surface area contributed by atoms with E-state index < -0.39 is 0 Å². The lowest BCUT2D eigenvalue weighted by Crippen LogP contribution is -1.95. The van der Waals surface area contributed by atoms with Gasteiger partial charge in [-0.1, -0.05) is 30.3 Å². The van der Waals surface area contributed by atoms with Gasteiger partial charge in [0.25, 0.3) is 0 Å². The van der Waals surface area contributed by atoms with Crippen LogP contribution in [-0.4, -0.2) is 4.98 Å². The van der Waals surface area contributed by atoms with Crippen LogP contribution in [-0.2, 0) is 6.54 Å². The Kier molecular flexibility index (Phi) is 2.96. The molecule has 0 saturated carbocycles. The summed E-state index contributed by atoms with van der Waals surface area (Å²) >= 11 is 1.62. The highest BCUT2D eigenvalue weighted by Crippen LogP contribution is 2.33. The molecule has 0 aliphatic carbocycles. The molecule has 2 heterocycles. The van der Waals surface area contributed by atoms with E-state index in [1.54, 1.807) is 23.9 Å². The normalized spacial score (nSPS) is 10.7. The van der Waals surface area contributed by atoms with E-state index in [4.69, 9.17) is 10.2 Å². The molecular weight excluding hydrogens is 244 g/mol. The van der Waals surface area contributed by atoms with Crippen molar-refractivity contribution in [3.8, 4) is 21.8 Å². The van der Waals surface area contributed by atoms with Gasteiger partial charge in [-0.15, -0.1) is 11.3 Å². The van der Waals surface area contributed by atoms with Crippen molar-refractivity contribution in [1.82, 2.24) is 4.98 Å². The fourth-order valence-electron chi connectivity index (χ4n) is 1.82. The second-order valence-corrected chi connectivity index (χ2v) is 4.96. The van der Waals surface area contributed by atoms with Crippen LogP contribution in [0.4, 0.5) is 0 Å². The van der Waals surface area contributed by atoms with Crippen LogP contribution >= 0.6 is 11.3 Å². The molecule has 0 unspecified atom stereocenters. The Morgan fingerprint density at radius 3 is 2.61 bits per heavy atom. The SMILES string of the molecule is NCc1sc(-c2ccoc2)nc1-c1ccccc1. The lowest BCUT2D eigenvalue weighted by molar-refractivity contribution is 0.568. The highest BCUT2D eigenvalue weighted by molar-refractivity contribution is 7.15. The van der Waals surface area contributed by atoms with Crippen molar-refractivity contribution in [2.75, 3.05) is 0 Å². The van der Waals surface area contributed by atoms with E-state index in [-0.39, 0.29) is 0 Å². The molecule has 1 aromatic carbocycles. The Morgan fingerprint density at radius 2 is 1.94 bits per heavy atom. The van der Waals surface area contributed by atoms with Gasteiger partial charge in [0.1, 0.15) is 11.3 Å². The van der Waals surface area contributed by atoms with E-state index in [0.717, 1.165) is 26.7 Å². The highest BCUT2D eigenvalue weighted by atomic mass is 32.1. The maximum Gasteiger partial charge on any atom is 0.127 e. The summed E-state index contributed by atoms with van der Waals surface area (Å²) in [7, 11) is 0. The number of nitrogens with two attached hydrogens (primary N) is 1. The van der Waals surface area contributed by atoms with Gasteiger partial charge in [0.05, 0.1) is 12.0 Å². The van der Waals surface area contributed by atoms with Crippen molar-refractivity contribution >= 4 is 11.3 Å². The van der Waals surface area contributed by atoms with Crippen LogP contribution in [0, 0.1) is 0 Å². The molecule has 3 nitrogen and oxygen atoms in total. The highest BCUT2D eigenvalue weighted by Gasteiger charge is 2.13. The van der Waals surface area contributed by atoms with Crippen molar-refractivity contribution < 1.29 is 4.42 Å². The Bertz CT molecular complexity index is 629. The average molecular weight is 256 g/mol. The molecule has 0 aliphatic rings. The maximum atomic E-state index is 5.80. The maximum absolute atomic E-state index is 5.80. The predicted octanol–water partition coefficient (Wildman–Crippen LogP) is 3.53. The van der Waals surface area contributed by atoms with Crippen LogP contribution in [0.25, 0.3) is 21.8 Å². The molecule has 0 bridgehead atoms. The zero-order valence-corrected chi connectivity index (χ0v) is 10.5. The summed E-state index contributed by atoms with van der Waals surface area (Å²) in [6.07, 6.45) is 3.36. The molecular formula is C14H12N2OS.